The topological polar surface area (TPSA) is 78.4 Å². The smallest absolute Gasteiger partial charge is 0.310 e. The maximum absolute atomic E-state index is 12.0. The Morgan fingerprint density at radius 3 is 2.76 bits per heavy atom. The van der Waals surface area contributed by atoms with E-state index < -0.39 is 17.4 Å². The van der Waals surface area contributed by atoms with Gasteiger partial charge in [0.05, 0.1) is 11.5 Å². The van der Waals surface area contributed by atoms with Gasteiger partial charge in [0.25, 0.3) is 0 Å². The number of aliphatic carboxylic acids is 1. The van der Waals surface area contributed by atoms with Crippen LogP contribution in [0.15, 0.2) is 12.2 Å². The minimum absolute atomic E-state index is 0.0318. The van der Waals surface area contributed by atoms with Crippen molar-refractivity contribution in [3.05, 3.63) is 12.2 Å². The van der Waals surface area contributed by atoms with Crippen LogP contribution in [0.4, 0.5) is 0 Å². The van der Waals surface area contributed by atoms with Crippen molar-refractivity contribution in [2.24, 2.45) is 5.92 Å². The molecule has 2 rings (SSSR count). The Kier molecular flexibility index (Phi) is 3.19. The molecule has 0 aromatic rings. The number of carboxylic acid groups (broad SMARTS) is 1. The van der Waals surface area contributed by atoms with Crippen molar-refractivity contribution in [1.82, 2.24) is 10.6 Å². The van der Waals surface area contributed by atoms with Crippen molar-refractivity contribution >= 4 is 11.9 Å². The van der Waals surface area contributed by atoms with Crippen molar-refractivity contribution in [3.8, 4) is 0 Å². The molecule has 1 saturated heterocycles. The van der Waals surface area contributed by atoms with Gasteiger partial charge in [-0.1, -0.05) is 12.2 Å². The molecule has 0 aromatic carbocycles. The summed E-state index contributed by atoms with van der Waals surface area (Å²) in [4.78, 5) is 22.8. The molecule has 0 radical (unpaired) electrons. The molecule has 0 spiro atoms. The average Bonchev–Trinajstić information content (AvgIpc) is 2.88. The van der Waals surface area contributed by atoms with Gasteiger partial charge in [0.15, 0.2) is 0 Å². The molecule has 1 aliphatic carbocycles. The van der Waals surface area contributed by atoms with Gasteiger partial charge in [0, 0.05) is 6.04 Å². The molecule has 5 nitrogen and oxygen atoms in total. The SMILES string of the molecule is CC1(C(=O)NC2C=CC(C(=O)O)C2)CCCN1. The van der Waals surface area contributed by atoms with Crippen LogP contribution in [0, 0.1) is 5.92 Å². The Labute approximate surface area is 100 Å². The molecule has 2 aliphatic rings. The molecular formula is C12H18N2O3. The monoisotopic (exact) mass is 238 g/mol. The highest BCUT2D eigenvalue weighted by atomic mass is 16.4. The lowest BCUT2D eigenvalue weighted by molar-refractivity contribution is -0.140. The lowest BCUT2D eigenvalue weighted by Crippen LogP contribution is -2.53. The number of hydrogen-bond donors (Lipinski definition) is 3. The van der Waals surface area contributed by atoms with Crippen LogP contribution in [0.1, 0.15) is 26.2 Å². The average molecular weight is 238 g/mol. The van der Waals surface area contributed by atoms with Gasteiger partial charge in [-0.25, -0.2) is 0 Å². The van der Waals surface area contributed by atoms with Crippen molar-refractivity contribution < 1.29 is 14.7 Å². The van der Waals surface area contributed by atoms with Crippen molar-refractivity contribution in [2.75, 3.05) is 6.54 Å². The number of carbonyl (C=O) groups excluding carboxylic acids is 1. The first-order chi connectivity index (χ1) is 8.01. The first-order valence-corrected chi connectivity index (χ1v) is 5.98. The third-order valence-electron chi connectivity index (χ3n) is 3.59. The standard InChI is InChI=1S/C12H18N2O3/c1-12(5-2-6-13-12)11(17)14-9-4-3-8(7-9)10(15)16/h3-4,8-9,13H,2,5-7H2,1H3,(H,14,17)(H,15,16). The van der Waals surface area contributed by atoms with Crippen LogP contribution >= 0.6 is 0 Å². The largest absolute Gasteiger partial charge is 0.481 e. The van der Waals surface area contributed by atoms with E-state index >= 15 is 0 Å². The van der Waals surface area contributed by atoms with Crippen LogP contribution in [0.2, 0.25) is 0 Å². The fourth-order valence-electron chi connectivity index (χ4n) is 2.41. The highest BCUT2D eigenvalue weighted by Gasteiger charge is 2.37. The predicted molar refractivity (Wildman–Crippen MR) is 62.5 cm³/mol. The fraction of sp³-hybridized carbons (Fsp3) is 0.667. The second-order valence-corrected chi connectivity index (χ2v) is 5.01. The van der Waals surface area contributed by atoms with Crippen molar-refractivity contribution in [3.63, 3.8) is 0 Å². The van der Waals surface area contributed by atoms with E-state index in [-0.39, 0.29) is 11.9 Å². The molecule has 17 heavy (non-hydrogen) atoms. The second-order valence-electron chi connectivity index (χ2n) is 5.01. The Morgan fingerprint density at radius 2 is 2.24 bits per heavy atom. The van der Waals surface area contributed by atoms with Gasteiger partial charge in [-0.2, -0.15) is 0 Å². The van der Waals surface area contributed by atoms with Crippen LogP contribution in [0.25, 0.3) is 0 Å². The molecule has 1 aliphatic heterocycles. The Bertz CT molecular complexity index is 359. The van der Waals surface area contributed by atoms with Gasteiger partial charge in [0.1, 0.15) is 0 Å². The van der Waals surface area contributed by atoms with Crippen LogP contribution in [-0.4, -0.2) is 35.1 Å². The van der Waals surface area contributed by atoms with Gasteiger partial charge < -0.3 is 15.7 Å². The third-order valence-corrected chi connectivity index (χ3v) is 3.59. The van der Waals surface area contributed by atoms with E-state index in [4.69, 9.17) is 5.11 Å². The van der Waals surface area contributed by atoms with Crippen molar-refractivity contribution in [2.45, 2.75) is 37.8 Å². The summed E-state index contributed by atoms with van der Waals surface area (Å²) in [6, 6.07) is -0.150. The summed E-state index contributed by atoms with van der Waals surface area (Å²) >= 11 is 0. The molecule has 3 N–H and O–H groups in total. The molecule has 0 saturated carbocycles. The minimum Gasteiger partial charge on any atom is -0.481 e. The van der Waals surface area contributed by atoms with E-state index in [9.17, 15) is 9.59 Å². The molecule has 3 atom stereocenters. The van der Waals surface area contributed by atoms with E-state index in [0.29, 0.717) is 6.42 Å². The Morgan fingerprint density at radius 1 is 1.47 bits per heavy atom. The first-order valence-electron chi connectivity index (χ1n) is 5.98. The summed E-state index contributed by atoms with van der Waals surface area (Å²) in [5.74, 6) is -1.33. The van der Waals surface area contributed by atoms with E-state index in [1.807, 2.05) is 6.92 Å². The molecule has 1 fully saturated rings. The van der Waals surface area contributed by atoms with E-state index in [2.05, 4.69) is 10.6 Å². The quantitative estimate of drug-likeness (QED) is 0.617. The molecule has 5 heteroatoms. The molecule has 0 aromatic heterocycles. The summed E-state index contributed by atoms with van der Waals surface area (Å²) in [5, 5.41) is 14.9. The van der Waals surface area contributed by atoms with Gasteiger partial charge >= 0.3 is 5.97 Å². The van der Waals surface area contributed by atoms with Gasteiger partial charge in [0.2, 0.25) is 5.91 Å². The van der Waals surface area contributed by atoms with E-state index in [1.54, 1.807) is 12.2 Å². The van der Waals surface area contributed by atoms with Gasteiger partial charge in [-0.3, -0.25) is 9.59 Å². The minimum atomic E-state index is -0.830. The third kappa shape index (κ3) is 2.49. The lowest BCUT2D eigenvalue weighted by atomic mass is 9.98. The lowest BCUT2D eigenvalue weighted by Gasteiger charge is -2.25. The zero-order chi connectivity index (χ0) is 12.5. The van der Waals surface area contributed by atoms with Crippen LogP contribution < -0.4 is 10.6 Å². The van der Waals surface area contributed by atoms with Crippen LogP contribution in [-0.2, 0) is 9.59 Å². The van der Waals surface area contributed by atoms with E-state index in [1.165, 1.54) is 0 Å². The van der Waals surface area contributed by atoms with Gasteiger partial charge in [-0.05, 0) is 32.7 Å². The summed E-state index contributed by atoms with van der Waals surface area (Å²) in [6.45, 7) is 2.75. The normalized spacial score (nSPS) is 36.1. The number of hydrogen-bond acceptors (Lipinski definition) is 3. The molecule has 3 unspecified atom stereocenters. The van der Waals surface area contributed by atoms with Gasteiger partial charge in [-0.15, -0.1) is 0 Å². The van der Waals surface area contributed by atoms with Crippen LogP contribution in [0.3, 0.4) is 0 Å². The molecular weight excluding hydrogens is 220 g/mol. The second kappa shape index (κ2) is 4.49. The first kappa shape index (κ1) is 12.1. The number of amides is 1. The van der Waals surface area contributed by atoms with Crippen LogP contribution in [0.5, 0.6) is 0 Å². The zero-order valence-electron chi connectivity index (χ0n) is 9.90. The number of rotatable bonds is 3. The summed E-state index contributed by atoms with van der Waals surface area (Å²) < 4.78 is 0. The molecule has 94 valence electrons. The summed E-state index contributed by atoms with van der Waals surface area (Å²) in [6.07, 6.45) is 5.71. The number of carbonyl (C=O) groups is 2. The summed E-state index contributed by atoms with van der Waals surface area (Å²) in [7, 11) is 0. The highest BCUT2D eigenvalue weighted by molar-refractivity contribution is 5.86. The predicted octanol–water partition coefficient (Wildman–Crippen LogP) is 0.274. The highest BCUT2D eigenvalue weighted by Crippen LogP contribution is 2.22. The summed E-state index contributed by atoms with van der Waals surface area (Å²) in [5.41, 5.74) is -0.491. The molecule has 1 amide bonds. The van der Waals surface area contributed by atoms with Crippen molar-refractivity contribution in [1.29, 1.82) is 0 Å². The number of nitrogens with one attached hydrogen (secondary N) is 2. The maximum Gasteiger partial charge on any atom is 0.310 e. The maximum atomic E-state index is 12.0. The zero-order valence-corrected chi connectivity index (χ0v) is 9.90. The number of carboxylic acids is 1. The Hall–Kier alpha value is -1.36. The van der Waals surface area contributed by atoms with E-state index in [0.717, 1.165) is 19.4 Å². The molecule has 1 heterocycles. The molecule has 0 bridgehead atoms. The fourth-order valence-corrected chi connectivity index (χ4v) is 2.41. The Balaban J connectivity index is 1.89.